The van der Waals surface area contributed by atoms with Crippen molar-refractivity contribution < 1.29 is 9.52 Å². The lowest BCUT2D eigenvalue weighted by Crippen LogP contribution is -2.22. The fourth-order valence-corrected chi connectivity index (χ4v) is 2.05. The molecule has 3 N–H and O–H groups in total. The molecule has 0 radical (unpaired) electrons. The van der Waals surface area contributed by atoms with Gasteiger partial charge < -0.3 is 14.8 Å². The average Bonchev–Trinajstić information content (AvgIpc) is 2.82. The van der Waals surface area contributed by atoms with Gasteiger partial charge in [0.15, 0.2) is 0 Å². The molecule has 0 aliphatic rings. The number of nitrogens with zero attached hydrogens (tertiary/aromatic N) is 1. The van der Waals surface area contributed by atoms with Gasteiger partial charge in [0.05, 0.1) is 12.5 Å². The minimum atomic E-state index is -0.676. The molecule has 1 aromatic carbocycles. The summed E-state index contributed by atoms with van der Waals surface area (Å²) >= 11 is 1.66. The van der Waals surface area contributed by atoms with Crippen LogP contribution in [0.5, 0.6) is 0 Å². The number of benzene rings is 1. The van der Waals surface area contributed by atoms with E-state index >= 15 is 0 Å². The average molecular weight is 281 g/mol. The second kappa shape index (κ2) is 6.44. The first-order valence-electron chi connectivity index (χ1n) is 5.78. The normalized spacial score (nSPS) is 12.3. The number of anilines is 1. The molecule has 0 amide bonds. The fraction of sp³-hybridized carbons (Fsp3) is 0.333. The van der Waals surface area contributed by atoms with E-state index in [9.17, 15) is 9.90 Å². The molecule has 6 nitrogen and oxygen atoms in total. The Balaban J connectivity index is 1.85. The van der Waals surface area contributed by atoms with Crippen molar-refractivity contribution in [2.45, 2.75) is 17.4 Å². The number of aliphatic hydroxyl groups excluding tert-OH is 1. The number of thioether (sulfide) groups is 1. The molecule has 1 heterocycles. The van der Waals surface area contributed by atoms with E-state index in [2.05, 4.69) is 15.5 Å². The highest BCUT2D eigenvalue weighted by Gasteiger charge is 2.10. The third kappa shape index (κ3) is 4.15. The van der Waals surface area contributed by atoms with E-state index in [0.29, 0.717) is 6.54 Å². The molecule has 0 saturated heterocycles. The Kier molecular flexibility index (Phi) is 4.64. The summed E-state index contributed by atoms with van der Waals surface area (Å²) in [5.41, 5.74) is 0.939. The van der Waals surface area contributed by atoms with E-state index < -0.39 is 11.9 Å². The zero-order chi connectivity index (χ0) is 13.7. The van der Waals surface area contributed by atoms with Crippen LogP contribution in [0.2, 0.25) is 0 Å². The molecule has 0 bridgehead atoms. The number of aromatic amines is 1. The summed E-state index contributed by atoms with van der Waals surface area (Å²) < 4.78 is 4.73. The van der Waals surface area contributed by atoms with Crippen molar-refractivity contribution in [3.05, 3.63) is 40.7 Å². The Morgan fingerprint density at radius 1 is 1.58 bits per heavy atom. The molecule has 0 saturated carbocycles. The summed E-state index contributed by atoms with van der Waals surface area (Å²) in [6, 6.07) is 7.91. The zero-order valence-electron chi connectivity index (χ0n) is 10.4. The molecule has 0 fully saturated rings. The summed E-state index contributed by atoms with van der Waals surface area (Å²) in [6.45, 7) is 0.356. The van der Waals surface area contributed by atoms with E-state index in [1.54, 1.807) is 11.8 Å². The second-order valence-corrected chi connectivity index (χ2v) is 4.86. The summed E-state index contributed by atoms with van der Waals surface area (Å²) in [4.78, 5) is 11.9. The van der Waals surface area contributed by atoms with Gasteiger partial charge in [0.25, 0.3) is 0 Å². The van der Waals surface area contributed by atoms with Gasteiger partial charge in [0.1, 0.15) is 0 Å². The van der Waals surface area contributed by atoms with Crippen molar-refractivity contribution in [3.8, 4) is 0 Å². The lowest BCUT2D eigenvalue weighted by molar-refractivity contribution is 0.177. The third-order valence-corrected chi connectivity index (χ3v) is 3.23. The van der Waals surface area contributed by atoms with Crippen LogP contribution in [0.25, 0.3) is 0 Å². The van der Waals surface area contributed by atoms with Gasteiger partial charge in [-0.25, -0.2) is 9.89 Å². The molecular formula is C12H15N3O3S. The molecule has 2 rings (SSSR count). The largest absolute Gasteiger partial charge is 0.434 e. The topological polar surface area (TPSA) is 91.1 Å². The van der Waals surface area contributed by atoms with Gasteiger partial charge in [-0.15, -0.1) is 16.9 Å². The Hall–Kier alpha value is -1.73. The van der Waals surface area contributed by atoms with Crippen LogP contribution in [-0.4, -0.2) is 34.2 Å². The van der Waals surface area contributed by atoms with Gasteiger partial charge in [-0.1, -0.05) is 6.07 Å². The first kappa shape index (κ1) is 13.7. The highest BCUT2D eigenvalue weighted by atomic mass is 32.2. The van der Waals surface area contributed by atoms with E-state index in [1.165, 1.54) is 0 Å². The molecule has 1 atom stereocenters. The minimum absolute atomic E-state index is 0.188. The number of hydrogen-bond donors (Lipinski definition) is 3. The number of hydrogen-bond acceptors (Lipinski definition) is 6. The van der Waals surface area contributed by atoms with Crippen molar-refractivity contribution in [3.63, 3.8) is 0 Å². The minimum Gasteiger partial charge on any atom is -0.392 e. The smallest absolute Gasteiger partial charge is 0.392 e. The van der Waals surface area contributed by atoms with Crippen LogP contribution in [0, 0.1) is 0 Å². The third-order valence-electron chi connectivity index (χ3n) is 2.50. The maximum Gasteiger partial charge on any atom is 0.434 e. The predicted molar refractivity (Wildman–Crippen MR) is 73.5 cm³/mol. The van der Waals surface area contributed by atoms with Crippen molar-refractivity contribution >= 4 is 17.4 Å². The Labute approximate surface area is 114 Å². The molecular weight excluding hydrogens is 266 g/mol. The van der Waals surface area contributed by atoms with Crippen molar-refractivity contribution in [2.24, 2.45) is 0 Å². The zero-order valence-corrected chi connectivity index (χ0v) is 11.2. The highest BCUT2D eigenvalue weighted by Crippen LogP contribution is 2.18. The van der Waals surface area contributed by atoms with Gasteiger partial charge in [0, 0.05) is 17.1 Å². The summed E-state index contributed by atoms with van der Waals surface area (Å²) in [5, 5.41) is 18.7. The van der Waals surface area contributed by atoms with E-state index in [4.69, 9.17) is 4.42 Å². The van der Waals surface area contributed by atoms with Crippen LogP contribution in [0.4, 0.5) is 5.69 Å². The fourth-order valence-electron chi connectivity index (χ4n) is 1.59. The molecule has 1 aromatic heterocycles. The maximum atomic E-state index is 10.7. The summed E-state index contributed by atoms with van der Waals surface area (Å²) in [7, 11) is 0. The van der Waals surface area contributed by atoms with Gasteiger partial charge >= 0.3 is 5.76 Å². The molecule has 0 spiro atoms. The first-order valence-corrected chi connectivity index (χ1v) is 7.00. The van der Waals surface area contributed by atoms with Crippen LogP contribution in [0.15, 0.2) is 38.4 Å². The first-order chi connectivity index (χ1) is 9.17. The lowest BCUT2D eigenvalue weighted by atomic mass is 10.2. The lowest BCUT2D eigenvalue weighted by Gasteiger charge is -2.11. The van der Waals surface area contributed by atoms with Crippen LogP contribution in [0.1, 0.15) is 5.89 Å². The van der Waals surface area contributed by atoms with Crippen molar-refractivity contribution in [2.75, 3.05) is 18.1 Å². The molecule has 7 heteroatoms. The molecule has 1 unspecified atom stereocenters. The van der Waals surface area contributed by atoms with Crippen molar-refractivity contribution in [1.29, 1.82) is 0 Å². The Morgan fingerprint density at radius 2 is 2.42 bits per heavy atom. The van der Waals surface area contributed by atoms with Crippen molar-refractivity contribution in [1.82, 2.24) is 10.2 Å². The molecule has 0 aliphatic heterocycles. The monoisotopic (exact) mass is 281 g/mol. The number of aromatic nitrogens is 2. The quantitative estimate of drug-likeness (QED) is 0.687. The van der Waals surface area contributed by atoms with Gasteiger partial charge in [-0.2, -0.15) is 0 Å². The Morgan fingerprint density at radius 3 is 3.11 bits per heavy atom. The van der Waals surface area contributed by atoms with Gasteiger partial charge in [-0.3, -0.25) is 0 Å². The summed E-state index contributed by atoms with van der Waals surface area (Å²) in [6.07, 6.45) is 1.52. The summed E-state index contributed by atoms with van der Waals surface area (Å²) in [5.74, 6) is -0.403. The SMILES string of the molecule is CSc1cccc(NCC(O)Cc2n[nH]c(=O)o2)c1. The molecule has 102 valence electrons. The predicted octanol–water partition coefficient (Wildman–Crippen LogP) is 1.10. The molecule has 2 aromatic rings. The van der Waals surface area contributed by atoms with Crippen LogP contribution in [-0.2, 0) is 6.42 Å². The molecule has 19 heavy (non-hydrogen) atoms. The highest BCUT2D eigenvalue weighted by molar-refractivity contribution is 7.98. The van der Waals surface area contributed by atoms with Crippen LogP contribution < -0.4 is 11.1 Å². The maximum absolute atomic E-state index is 10.7. The van der Waals surface area contributed by atoms with E-state index in [1.807, 2.05) is 30.5 Å². The van der Waals surface area contributed by atoms with Crippen LogP contribution in [0.3, 0.4) is 0 Å². The van der Waals surface area contributed by atoms with E-state index in [-0.39, 0.29) is 12.3 Å². The number of rotatable bonds is 6. The second-order valence-electron chi connectivity index (χ2n) is 3.98. The number of nitrogens with one attached hydrogen (secondary N) is 2. The van der Waals surface area contributed by atoms with Gasteiger partial charge in [0.2, 0.25) is 5.89 Å². The van der Waals surface area contributed by atoms with Crippen LogP contribution >= 0.6 is 11.8 Å². The standard InChI is InChI=1S/C12H15N3O3S/c1-19-10-4-2-3-8(5-10)13-7-9(16)6-11-14-15-12(17)18-11/h2-5,9,13,16H,6-7H2,1H3,(H,15,17). The number of H-pyrrole nitrogens is 1. The Bertz CT molecular complexity index is 581. The van der Waals surface area contributed by atoms with Gasteiger partial charge in [-0.05, 0) is 24.5 Å². The molecule has 0 aliphatic carbocycles. The number of aliphatic hydroxyl groups is 1. The van der Waals surface area contributed by atoms with E-state index in [0.717, 1.165) is 10.6 Å².